The van der Waals surface area contributed by atoms with Crippen molar-refractivity contribution in [1.29, 1.82) is 0 Å². The van der Waals surface area contributed by atoms with Crippen LogP contribution >= 0.6 is 22.9 Å². The monoisotopic (exact) mass is 386 g/mol. The van der Waals surface area contributed by atoms with Gasteiger partial charge in [0.25, 0.3) is 5.56 Å². The molecule has 0 aromatic carbocycles. The Bertz CT molecular complexity index is 993. The van der Waals surface area contributed by atoms with Crippen molar-refractivity contribution in [3.8, 4) is 11.4 Å². The molecule has 3 aromatic heterocycles. The molecule has 1 saturated heterocycles. The number of nitrogens with zero attached hydrogens (tertiary/aromatic N) is 3. The molecule has 0 radical (unpaired) electrons. The molecule has 134 valence electrons. The maximum absolute atomic E-state index is 13.0. The molecule has 7 heteroatoms. The first-order chi connectivity index (χ1) is 12.7. The number of nitrogens with one attached hydrogen (secondary N) is 1. The van der Waals surface area contributed by atoms with Gasteiger partial charge in [0, 0.05) is 55.1 Å². The van der Waals surface area contributed by atoms with Gasteiger partial charge in [-0.05, 0) is 35.9 Å². The molecular formula is C19H19ClN4OS. The third-order valence-electron chi connectivity index (χ3n) is 5.49. The van der Waals surface area contributed by atoms with E-state index in [4.69, 9.17) is 11.6 Å². The van der Waals surface area contributed by atoms with Gasteiger partial charge in [0.2, 0.25) is 0 Å². The summed E-state index contributed by atoms with van der Waals surface area (Å²) >= 11 is 8.00. The number of rotatable bonds is 3. The SMILES string of the molecule is O=c1c(-c2ncc[nH]2)ccc2n1C[C@H]1C[C@@H]2CN(Cc2sccc2Cl)C1. The van der Waals surface area contributed by atoms with Crippen LogP contribution in [0.2, 0.25) is 5.02 Å². The van der Waals surface area contributed by atoms with Crippen LogP contribution in [0, 0.1) is 5.92 Å². The van der Waals surface area contributed by atoms with E-state index in [2.05, 4.69) is 20.9 Å². The lowest BCUT2D eigenvalue weighted by Crippen LogP contribution is -2.46. The highest BCUT2D eigenvalue weighted by molar-refractivity contribution is 7.10. The summed E-state index contributed by atoms with van der Waals surface area (Å²) < 4.78 is 1.98. The lowest BCUT2D eigenvalue weighted by Gasteiger charge is -2.42. The highest BCUT2D eigenvalue weighted by atomic mass is 35.5. The Morgan fingerprint density at radius 2 is 2.19 bits per heavy atom. The average molecular weight is 387 g/mol. The summed E-state index contributed by atoms with van der Waals surface area (Å²) in [4.78, 5) is 24.0. The molecule has 0 amide bonds. The summed E-state index contributed by atoms with van der Waals surface area (Å²) in [7, 11) is 0. The third kappa shape index (κ3) is 2.73. The number of imidazole rings is 1. The molecular weight excluding hydrogens is 368 g/mol. The number of aromatic nitrogens is 3. The van der Waals surface area contributed by atoms with E-state index in [1.165, 1.54) is 4.88 Å². The lowest BCUT2D eigenvalue weighted by molar-refractivity contribution is 0.115. The smallest absolute Gasteiger partial charge is 0.261 e. The molecule has 5 rings (SSSR count). The molecule has 0 unspecified atom stereocenters. The standard InChI is InChI=1S/C19H19ClN4OS/c20-15-3-6-26-17(15)11-23-8-12-7-13(10-23)16-2-1-14(18-21-4-5-22-18)19(25)24(16)9-12/h1-6,12-13H,7-11H2,(H,21,22)/t12-,13+/m0/s1. The van der Waals surface area contributed by atoms with Crippen LogP contribution in [-0.2, 0) is 13.1 Å². The maximum Gasteiger partial charge on any atom is 0.261 e. The molecule has 0 spiro atoms. The summed E-state index contributed by atoms with van der Waals surface area (Å²) in [5, 5.41) is 2.92. The fourth-order valence-electron chi connectivity index (χ4n) is 4.41. The highest BCUT2D eigenvalue weighted by Gasteiger charge is 2.35. The van der Waals surface area contributed by atoms with E-state index < -0.39 is 0 Å². The lowest BCUT2D eigenvalue weighted by atomic mass is 9.83. The van der Waals surface area contributed by atoms with Gasteiger partial charge >= 0.3 is 0 Å². The van der Waals surface area contributed by atoms with Crippen molar-refractivity contribution in [2.75, 3.05) is 13.1 Å². The highest BCUT2D eigenvalue weighted by Crippen LogP contribution is 2.37. The fraction of sp³-hybridized carbons (Fsp3) is 0.368. The van der Waals surface area contributed by atoms with Crippen LogP contribution in [0.1, 0.15) is 22.9 Å². The second-order valence-electron chi connectivity index (χ2n) is 7.21. The first kappa shape index (κ1) is 16.3. The molecule has 2 aliphatic rings. The summed E-state index contributed by atoms with van der Waals surface area (Å²) in [6, 6.07) is 6.00. The number of pyridine rings is 1. The normalized spacial score (nSPS) is 22.3. The second-order valence-corrected chi connectivity index (χ2v) is 8.62. The van der Waals surface area contributed by atoms with Crippen LogP contribution < -0.4 is 5.56 Å². The maximum atomic E-state index is 13.0. The van der Waals surface area contributed by atoms with Gasteiger partial charge < -0.3 is 9.55 Å². The van der Waals surface area contributed by atoms with Gasteiger partial charge in [-0.1, -0.05) is 11.6 Å². The van der Waals surface area contributed by atoms with Crippen molar-refractivity contribution in [3.05, 3.63) is 61.9 Å². The number of piperidine rings is 1. The Hall–Kier alpha value is -1.89. The molecule has 2 bridgehead atoms. The van der Waals surface area contributed by atoms with Crippen molar-refractivity contribution >= 4 is 22.9 Å². The van der Waals surface area contributed by atoms with E-state index in [9.17, 15) is 4.79 Å². The van der Waals surface area contributed by atoms with Crippen molar-refractivity contribution in [1.82, 2.24) is 19.4 Å². The zero-order valence-corrected chi connectivity index (χ0v) is 15.8. The number of fused-ring (bicyclic) bond motifs is 4. The van der Waals surface area contributed by atoms with E-state index in [0.717, 1.165) is 43.3 Å². The van der Waals surface area contributed by atoms with Gasteiger partial charge in [-0.25, -0.2) is 4.98 Å². The Morgan fingerprint density at radius 1 is 1.27 bits per heavy atom. The van der Waals surface area contributed by atoms with Gasteiger partial charge in [0.05, 0.1) is 10.6 Å². The Morgan fingerprint density at radius 3 is 2.96 bits per heavy atom. The molecule has 1 fully saturated rings. The predicted octanol–water partition coefficient (Wildman–Crippen LogP) is 3.57. The number of halogens is 1. The summed E-state index contributed by atoms with van der Waals surface area (Å²) in [5.41, 5.74) is 1.88. The number of H-pyrrole nitrogens is 1. The molecule has 26 heavy (non-hydrogen) atoms. The van der Waals surface area contributed by atoms with Gasteiger partial charge in [0.1, 0.15) is 5.82 Å². The van der Waals surface area contributed by atoms with Crippen LogP contribution in [0.25, 0.3) is 11.4 Å². The minimum absolute atomic E-state index is 0.0712. The Kier molecular flexibility index (Phi) is 3.99. The Balaban J connectivity index is 1.45. The predicted molar refractivity (Wildman–Crippen MR) is 104 cm³/mol. The molecule has 0 saturated carbocycles. The van der Waals surface area contributed by atoms with E-state index >= 15 is 0 Å². The third-order valence-corrected chi connectivity index (χ3v) is 6.86. The molecule has 3 aromatic rings. The number of aromatic amines is 1. The van der Waals surface area contributed by atoms with Crippen LogP contribution in [0.3, 0.4) is 0 Å². The number of hydrogen-bond acceptors (Lipinski definition) is 4. The molecule has 2 atom stereocenters. The number of likely N-dealkylation sites (tertiary alicyclic amines) is 1. The van der Waals surface area contributed by atoms with Crippen LogP contribution in [0.4, 0.5) is 0 Å². The van der Waals surface area contributed by atoms with E-state index in [-0.39, 0.29) is 5.56 Å². The minimum Gasteiger partial charge on any atom is -0.344 e. The molecule has 0 aliphatic carbocycles. The topological polar surface area (TPSA) is 53.9 Å². The summed E-state index contributed by atoms with van der Waals surface area (Å²) in [5.74, 6) is 1.55. The fourth-order valence-corrected chi connectivity index (χ4v) is 5.55. The van der Waals surface area contributed by atoms with Crippen LogP contribution in [0.5, 0.6) is 0 Å². The molecule has 2 aliphatic heterocycles. The van der Waals surface area contributed by atoms with Gasteiger partial charge in [-0.2, -0.15) is 0 Å². The van der Waals surface area contributed by atoms with Crippen molar-refractivity contribution < 1.29 is 0 Å². The van der Waals surface area contributed by atoms with Gasteiger partial charge in [-0.3, -0.25) is 9.69 Å². The molecule has 5 heterocycles. The van der Waals surface area contributed by atoms with Crippen molar-refractivity contribution in [2.24, 2.45) is 5.92 Å². The van der Waals surface area contributed by atoms with Crippen molar-refractivity contribution in [3.63, 3.8) is 0 Å². The number of hydrogen-bond donors (Lipinski definition) is 1. The van der Waals surface area contributed by atoms with E-state index in [1.807, 2.05) is 22.1 Å². The van der Waals surface area contributed by atoms with E-state index in [0.29, 0.717) is 23.2 Å². The molecule has 1 N–H and O–H groups in total. The Labute approximate surface area is 160 Å². The summed E-state index contributed by atoms with van der Waals surface area (Å²) in [6.45, 7) is 3.68. The largest absolute Gasteiger partial charge is 0.344 e. The zero-order valence-electron chi connectivity index (χ0n) is 14.2. The van der Waals surface area contributed by atoms with Crippen LogP contribution in [-0.4, -0.2) is 32.5 Å². The van der Waals surface area contributed by atoms with E-state index in [1.54, 1.807) is 23.7 Å². The molecule has 5 nitrogen and oxygen atoms in total. The van der Waals surface area contributed by atoms with Gasteiger partial charge in [0.15, 0.2) is 0 Å². The average Bonchev–Trinajstić information content (AvgIpc) is 3.29. The van der Waals surface area contributed by atoms with Crippen LogP contribution in [0.15, 0.2) is 40.8 Å². The van der Waals surface area contributed by atoms with Crippen molar-refractivity contribution in [2.45, 2.75) is 25.4 Å². The first-order valence-corrected chi connectivity index (χ1v) is 10.1. The zero-order chi connectivity index (χ0) is 17.7. The van der Waals surface area contributed by atoms with Gasteiger partial charge in [-0.15, -0.1) is 11.3 Å². The number of thiophene rings is 1. The summed E-state index contributed by atoms with van der Waals surface area (Å²) in [6.07, 6.45) is 4.59. The second kappa shape index (κ2) is 6.37. The minimum atomic E-state index is 0.0712. The quantitative estimate of drug-likeness (QED) is 0.748. The first-order valence-electron chi connectivity index (χ1n) is 8.87.